The lowest BCUT2D eigenvalue weighted by Crippen LogP contribution is -2.15. The molecule has 10 aromatic carbocycles. The quantitative estimate of drug-likeness (QED) is 0.152. The van der Waals surface area contributed by atoms with E-state index in [0.29, 0.717) is 0 Å². The van der Waals surface area contributed by atoms with Crippen LogP contribution >= 0.6 is 0 Å². The monoisotopic (exact) mass is 835 g/mol. The van der Waals surface area contributed by atoms with Crippen LogP contribution in [0.1, 0.15) is 0 Å². The second-order valence-corrected chi connectivity index (χ2v) is 16.2. The molecule has 308 valence electrons. The second-order valence-electron chi connectivity index (χ2n) is 16.2. The number of hydrogen-bond acceptors (Lipinski definition) is 5. The summed E-state index contributed by atoms with van der Waals surface area (Å²) in [7, 11) is 0. The highest BCUT2D eigenvalue weighted by molar-refractivity contribution is 5.89. The molecule has 0 N–H and O–H groups in total. The lowest BCUT2D eigenvalue weighted by atomic mass is 10.0. The molecule has 0 aromatic heterocycles. The predicted octanol–water partition coefficient (Wildman–Crippen LogP) is 17.3. The van der Waals surface area contributed by atoms with Crippen molar-refractivity contribution in [2.45, 2.75) is 0 Å². The normalized spacial score (nSPS) is 12.2. The lowest BCUT2D eigenvalue weighted by molar-refractivity contribution is 0.477. The Kier molecular flexibility index (Phi) is 9.42. The molecule has 12 rings (SSSR count). The van der Waals surface area contributed by atoms with Gasteiger partial charge in [0.05, 0.1) is 22.7 Å². The summed E-state index contributed by atoms with van der Waals surface area (Å²) in [6.07, 6.45) is 0. The first-order chi connectivity index (χ1) is 32.2. The number of rotatable bonds is 8. The smallest absolute Gasteiger partial charge is 0.151 e. The fourth-order valence-corrected chi connectivity index (χ4v) is 9.06. The summed E-state index contributed by atoms with van der Waals surface area (Å²) in [5.41, 5.74) is 16.4. The molecule has 2 heterocycles. The number of fused-ring (bicyclic) bond motifs is 4. The molecule has 10 aromatic rings. The van der Waals surface area contributed by atoms with Gasteiger partial charge in [-0.3, -0.25) is 0 Å². The zero-order valence-corrected chi connectivity index (χ0v) is 35.3. The van der Waals surface area contributed by atoms with Crippen molar-refractivity contribution in [1.82, 2.24) is 0 Å². The van der Waals surface area contributed by atoms with Crippen LogP contribution in [0.5, 0.6) is 23.0 Å². The maximum Gasteiger partial charge on any atom is 0.151 e. The minimum atomic E-state index is 0.844. The van der Waals surface area contributed by atoms with Gasteiger partial charge in [0.25, 0.3) is 0 Å². The highest BCUT2D eigenvalue weighted by Crippen LogP contribution is 2.52. The van der Waals surface area contributed by atoms with Gasteiger partial charge in [-0.05, 0) is 143 Å². The van der Waals surface area contributed by atoms with Gasteiger partial charge < -0.3 is 24.2 Å². The summed E-state index contributed by atoms with van der Waals surface area (Å²) in [6.45, 7) is 0. The van der Waals surface area contributed by atoms with Crippen LogP contribution in [0.3, 0.4) is 0 Å². The van der Waals surface area contributed by atoms with E-state index < -0.39 is 0 Å². The highest BCUT2D eigenvalue weighted by Gasteiger charge is 2.27. The molecule has 0 aliphatic carbocycles. The molecular formula is C60H41N3O2. The van der Waals surface area contributed by atoms with Crippen LogP contribution in [0.4, 0.5) is 51.2 Å². The molecule has 0 spiro atoms. The summed E-state index contributed by atoms with van der Waals surface area (Å²) in [5.74, 6) is 3.38. The zero-order valence-electron chi connectivity index (χ0n) is 35.3. The average molecular weight is 836 g/mol. The van der Waals surface area contributed by atoms with Crippen molar-refractivity contribution in [3.63, 3.8) is 0 Å². The Labute approximate surface area is 378 Å². The predicted molar refractivity (Wildman–Crippen MR) is 267 cm³/mol. The van der Waals surface area contributed by atoms with Crippen LogP contribution in [0, 0.1) is 0 Å². The van der Waals surface area contributed by atoms with E-state index in [1.807, 2.05) is 48.5 Å². The highest BCUT2D eigenvalue weighted by atomic mass is 16.5. The molecule has 2 aliphatic rings. The van der Waals surface area contributed by atoms with E-state index in [-0.39, 0.29) is 0 Å². The van der Waals surface area contributed by atoms with Gasteiger partial charge in [-0.15, -0.1) is 0 Å². The van der Waals surface area contributed by atoms with Crippen molar-refractivity contribution in [3.05, 3.63) is 249 Å². The first-order valence-corrected chi connectivity index (χ1v) is 21.9. The fraction of sp³-hybridized carbons (Fsp3) is 0. The molecule has 0 bridgehead atoms. The fourth-order valence-electron chi connectivity index (χ4n) is 9.06. The molecule has 0 atom stereocenters. The van der Waals surface area contributed by atoms with Crippen LogP contribution in [-0.4, -0.2) is 0 Å². The van der Waals surface area contributed by atoms with E-state index in [4.69, 9.17) is 9.47 Å². The van der Waals surface area contributed by atoms with Crippen molar-refractivity contribution in [2.75, 3.05) is 14.7 Å². The van der Waals surface area contributed by atoms with Crippen LogP contribution in [0.15, 0.2) is 249 Å². The van der Waals surface area contributed by atoms with Crippen molar-refractivity contribution in [2.24, 2.45) is 0 Å². The Bertz CT molecular complexity index is 3020. The van der Waals surface area contributed by atoms with E-state index >= 15 is 0 Å². The van der Waals surface area contributed by atoms with Crippen LogP contribution in [0.25, 0.3) is 33.4 Å². The van der Waals surface area contributed by atoms with E-state index in [1.165, 1.54) is 11.1 Å². The Hall–Kier alpha value is -8.80. The largest absolute Gasteiger partial charge is 0.453 e. The number of anilines is 9. The molecule has 0 radical (unpaired) electrons. The Morgan fingerprint density at radius 3 is 0.785 bits per heavy atom. The Balaban J connectivity index is 0.845. The summed E-state index contributed by atoms with van der Waals surface area (Å²) in [4.78, 5) is 6.87. The number of para-hydroxylation sites is 8. The maximum absolute atomic E-state index is 6.26. The molecule has 0 saturated carbocycles. The molecule has 65 heavy (non-hydrogen) atoms. The first kappa shape index (κ1) is 37.9. The van der Waals surface area contributed by atoms with Gasteiger partial charge in [-0.2, -0.15) is 0 Å². The van der Waals surface area contributed by atoms with Crippen molar-refractivity contribution in [3.8, 4) is 56.4 Å². The SMILES string of the molecule is c1ccc(-c2ccc(N(c3ccc(-c4ccc(N5c6ccccc6Oc6ccccc65)cc4)cc3)c3ccc(-c4ccc(N5c6ccccc6Oc6ccccc65)cc4)cc3)cc2)cc1. The number of hydrogen-bond donors (Lipinski definition) is 0. The van der Waals surface area contributed by atoms with Crippen LogP contribution < -0.4 is 24.2 Å². The number of ether oxygens (including phenoxy) is 2. The molecule has 2 aliphatic heterocycles. The van der Waals surface area contributed by atoms with Gasteiger partial charge in [-0.25, -0.2) is 0 Å². The average Bonchev–Trinajstić information content (AvgIpc) is 3.38. The van der Waals surface area contributed by atoms with Crippen molar-refractivity contribution >= 4 is 51.2 Å². The van der Waals surface area contributed by atoms with Gasteiger partial charge in [0.2, 0.25) is 0 Å². The minimum absolute atomic E-state index is 0.844. The van der Waals surface area contributed by atoms with Crippen LogP contribution in [-0.2, 0) is 0 Å². The van der Waals surface area contributed by atoms with Crippen molar-refractivity contribution < 1.29 is 9.47 Å². The number of benzene rings is 10. The third-order valence-electron chi connectivity index (χ3n) is 12.3. The Morgan fingerprint density at radius 2 is 0.477 bits per heavy atom. The first-order valence-electron chi connectivity index (χ1n) is 21.9. The van der Waals surface area contributed by atoms with E-state index in [2.05, 4.69) is 215 Å². The van der Waals surface area contributed by atoms with Crippen LogP contribution in [0.2, 0.25) is 0 Å². The number of nitrogens with zero attached hydrogens (tertiary/aromatic N) is 3. The van der Waals surface area contributed by atoms with Gasteiger partial charge in [0, 0.05) is 28.4 Å². The summed E-state index contributed by atoms with van der Waals surface area (Å²) >= 11 is 0. The van der Waals surface area contributed by atoms with Gasteiger partial charge in [0.1, 0.15) is 0 Å². The Morgan fingerprint density at radius 1 is 0.231 bits per heavy atom. The molecule has 0 fully saturated rings. The molecule has 0 unspecified atom stereocenters. The van der Waals surface area contributed by atoms with E-state index in [1.54, 1.807) is 0 Å². The summed E-state index contributed by atoms with van der Waals surface area (Å²) in [6, 6.07) is 87.5. The van der Waals surface area contributed by atoms with E-state index in [9.17, 15) is 0 Å². The van der Waals surface area contributed by atoms with E-state index in [0.717, 1.165) is 96.4 Å². The molecule has 5 nitrogen and oxygen atoms in total. The topological polar surface area (TPSA) is 28.2 Å². The van der Waals surface area contributed by atoms with Crippen molar-refractivity contribution in [1.29, 1.82) is 0 Å². The van der Waals surface area contributed by atoms with Gasteiger partial charge in [-0.1, -0.05) is 140 Å². The van der Waals surface area contributed by atoms with Gasteiger partial charge in [0.15, 0.2) is 23.0 Å². The third kappa shape index (κ3) is 7.02. The molecular weight excluding hydrogens is 795 g/mol. The lowest BCUT2D eigenvalue weighted by Gasteiger charge is -2.32. The summed E-state index contributed by atoms with van der Waals surface area (Å²) < 4.78 is 12.5. The zero-order chi connectivity index (χ0) is 43.1. The van der Waals surface area contributed by atoms with Gasteiger partial charge >= 0.3 is 0 Å². The summed E-state index contributed by atoms with van der Waals surface area (Å²) in [5, 5.41) is 0. The second kappa shape index (κ2) is 16.2. The minimum Gasteiger partial charge on any atom is -0.453 e. The molecule has 5 heteroatoms. The molecule has 0 saturated heterocycles. The molecule has 0 amide bonds. The third-order valence-corrected chi connectivity index (χ3v) is 12.3. The standard InChI is InChI=1S/C60H41N3O2/c1-2-12-42(13-3-1)43-22-32-48(33-23-43)61(49-34-24-44(25-35-49)46-28-38-51(39-29-46)62-53-14-4-8-18-57(53)64-58-19-9-5-15-54(58)62)50-36-26-45(27-37-50)47-30-40-52(41-31-47)63-55-16-6-10-20-59(55)65-60-21-11-7-17-56(60)63/h1-41H. The maximum atomic E-state index is 6.26.